The largest absolute Gasteiger partial charge is 0.357 e. The molecular weight excluding hydrogens is 517 g/mol. The van der Waals surface area contributed by atoms with Crippen molar-refractivity contribution in [1.29, 1.82) is 0 Å². The molecule has 1 fully saturated rings. The van der Waals surface area contributed by atoms with Gasteiger partial charge >= 0.3 is 0 Å². The molecule has 0 aromatic carbocycles. The summed E-state index contributed by atoms with van der Waals surface area (Å²) in [6.07, 6.45) is 4.53. The minimum Gasteiger partial charge on any atom is -0.357 e. The van der Waals surface area contributed by atoms with Crippen molar-refractivity contribution in [2.45, 2.75) is 40.2 Å². The number of aryl methyl sites for hydroxylation is 2. The molecule has 1 unspecified atom stereocenters. The van der Waals surface area contributed by atoms with Gasteiger partial charge in [-0.05, 0) is 45.7 Å². The van der Waals surface area contributed by atoms with Crippen LogP contribution in [0.4, 0.5) is 5.95 Å². The van der Waals surface area contributed by atoms with Crippen LogP contribution in [-0.4, -0.2) is 82.5 Å². The maximum atomic E-state index is 4.81. The number of guanidine groups is 1. The van der Waals surface area contributed by atoms with Crippen molar-refractivity contribution in [3.63, 3.8) is 0 Å². The van der Waals surface area contributed by atoms with E-state index in [2.05, 4.69) is 63.2 Å². The minimum atomic E-state index is 0. The van der Waals surface area contributed by atoms with Crippen molar-refractivity contribution >= 4 is 35.9 Å². The first-order valence-electron chi connectivity index (χ1n) is 11.3. The van der Waals surface area contributed by atoms with E-state index in [0.29, 0.717) is 0 Å². The van der Waals surface area contributed by atoms with Crippen LogP contribution < -0.4 is 15.5 Å². The van der Waals surface area contributed by atoms with E-state index in [4.69, 9.17) is 4.99 Å². The Kier molecular flexibility index (Phi) is 10.6. The number of aromatic nitrogens is 4. The zero-order valence-corrected chi connectivity index (χ0v) is 22.3. The lowest BCUT2D eigenvalue weighted by molar-refractivity contribution is 0.263. The Morgan fingerprint density at radius 2 is 1.84 bits per heavy atom. The summed E-state index contributed by atoms with van der Waals surface area (Å²) in [6, 6.07) is 2.13. The van der Waals surface area contributed by atoms with E-state index < -0.39 is 0 Å². The van der Waals surface area contributed by atoms with Gasteiger partial charge in [0.15, 0.2) is 5.96 Å². The molecule has 2 aromatic rings. The zero-order valence-electron chi connectivity index (χ0n) is 20.0. The van der Waals surface area contributed by atoms with Crippen molar-refractivity contribution < 1.29 is 0 Å². The second-order valence-corrected chi connectivity index (χ2v) is 8.16. The van der Waals surface area contributed by atoms with Crippen LogP contribution in [0.3, 0.4) is 0 Å². The molecule has 0 spiro atoms. The predicted octanol–water partition coefficient (Wildman–Crippen LogP) is 1.75. The number of hydrogen-bond acceptors (Lipinski definition) is 6. The summed E-state index contributed by atoms with van der Waals surface area (Å²) in [5.41, 5.74) is 3.65. The molecule has 1 atom stereocenters. The van der Waals surface area contributed by atoms with Gasteiger partial charge in [-0.2, -0.15) is 5.10 Å². The molecule has 9 nitrogen and oxygen atoms in total. The SMILES string of the molecule is CCNC(=NCCN1CCN(c2ncccn2)CC1)NC(C)Cc1c(C)nn(C)c1C.I. The second-order valence-electron chi connectivity index (χ2n) is 8.16. The Morgan fingerprint density at radius 1 is 1.16 bits per heavy atom. The fourth-order valence-corrected chi connectivity index (χ4v) is 3.95. The molecule has 0 bridgehead atoms. The van der Waals surface area contributed by atoms with E-state index in [9.17, 15) is 0 Å². The summed E-state index contributed by atoms with van der Waals surface area (Å²) in [6.45, 7) is 15.0. The van der Waals surface area contributed by atoms with Crippen LogP contribution in [0.5, 0.6) is 0 Å². The molecule has 1 aliphatic heterocycles. The third-order valence-electron chi connectivity index (χ3n) is 5.79. The van der Waals surface area contributed by atoms with Gasteiger partial charge in [0.05, 0.1) is 12.2 Å². The van der Waals surface area contributed by atoms with Crippen LogP contribution in [0.1, 0.15) is 30.8 Å². The maximum Gasteiger partial charge on any atom is 0.225 e. The molecule has 32 heavy (non-hydrogen) atoms. The van der Waals surface area contributed by atoms with Gasteiger partial charge in [-0.15, -0.1) is 24.0 Å². The number of rotatable bonds is 8. The van der Waals surface area contributed by atoms with Gasteiger partial charge in [-0.25, -0.2) is 9.97 Å². The second kappa shape index (κ2) is 12.9. The van der Waals surface area contributed by atoms with E-state index >= 15 is 0 Å². The van der Waals surface area contributed by atoms with Crippen LogP contribution >= 0.6 is 24.0 Å². The molecule has 2 aromatic heterocycles. The van der Waals surface area contributed by atoms with Gasteiger partial charge in [0.2, 0.25) is 5.95 Å². The Morgan fingerprint density at radius 3 is 2.44 bits per heavy atom. The van der Waals surface area contributed by atoms with Crippen LogP contribution in [0.15, 0.2) is 23.5 Å². The van der Waals surface area contributed by atoms with Crippen LogP contribution in [0.2, 0.25) is 0 Å². The van der Waals surface area contributed by atoms with Gasteiger partial charge in [-0.1, -0.05) is 0 Å². The Labute approximate surface area is 209 Å². The van der Waals surface area contributed by atoms with Crippen LogP contribution in [0.25, 0.3) is 0 Å². The molecular formula is C22H38IN9. The summed E-state index contributed by atoms with van der Waals surface area (Å²) in [7, 11) is 2.00. The first-order chi connectivity index (χ1) is 15.0. The number of aliphatic imine (C=N–C) groups is 1. The highest BCUT2D eigenvalue weighted by Gasteiger charge is 2.18. The number of piperazine rings is 1. The molecule has 1 saturated heterocycles. The van der Waals surface area contributed by atoms with Crippen molar-refractivity contribution in [3.8, 4) is 0 Å². The third kappa shape index (κ3) is 7.29. The normalized spacial score (nSPS) is 15.9. The average Bonchev–Trinajstić information content (AvgIpc) is 3.01. The quantitative estimate of drug-likeness (QED) is 0.292. The van der Waals surface area contributed by atoms with E-state index in [-0.39, 0.29) is 30.0 Å². The molecule has 178 valence electrons. The zero-order chi connectivity index (χ0) is 22.2. The van der Waals surface area contributed by atoms with E-state index in [0.717, 1.165) is 69.8 Å². The van der Waals surface area contributed by atoms with E-state index in [1.807, 2.05) is 17.8 Å². The summed E-state index contributed by atoms with van der Waals surface area (Å²) in [5.74, 6) is 1.71. The van der Waals surface area contributed by atoms with Gasteiger partial charge in [0, 0.05) is 70.4 Å². The minimum absolute atomic E-state index is 0. The number of nitrogens with one attached hydrogen (secondary N) is 2. The predicted molar refractivity (Wildman–Crippen MR) is 141 cm³/mol. The summed E-state index contributed by atoms with van der Waals surface area (Å²) in [5, 5.41) is 11.5. The molecule has 3 rings (SSSR count). The number of hydrogen-bond donors (Lipinski definition) is 2. The average molecular weight is 556 g/mol. The fourth-order valence-electron chi connectivity index (χ4n) is 3.95. The Balaban J connectivity index is 0.00000363. The third-order valence-corrected chi connectivity index (χ3v) is 5.79. The molecule has 0 amide bonds. The van der Waals surface area contributed by atoms with Gasteiger partial charge in [-0.3, -0.25) is 14.6 Å². The maximum absolute atomic E-state index is 4.81. The molecule has 0 saturated carbocycles. The number of halogens is 1. The van der Waals surface area contributed by atoms with E-state index in [1.165, 1.54) is 11.3 Å². The lowest BCUT2D eigenvalue weighted by Gasteiger charge is -2.34. The van der Waals surface area contributed by atoms with Crippen molar-refractivity contribution in [2.75, 3.05) is 50.7 Å². The topological polar surface area (TPSA) is 86.5 Å². The highest BCUT2D eigenvalue weighted by Crippen LogP contribution is 2.14. The summed E-state index contributed by atoms with van der Waals surface area (Å²) in [4.78, 5) is 18.2. The Bertz CT molecular complexity index is 845. The first-order valence-corrected chi connectivity index (χ1v) is 11.3. The highest BCUT2D eigenvalue weighted by atomic mass is 127. The lowest BCUT2D eigenvalue weighted by Crippen LogP contribution is -2.48. The summed E-state index contributed by atoms with van der Waals surface area (Å²) >= 11 is 0. The molecule has 1 aliphatic rings. The molecule has 10 heteroatoms. The number of anilines is 1. The standard InChI is InChI=1S/C22H37N9.HI/c1-6-23-21(27-17(2)16-20-18(3)28-29(5)19(20)4)24-10-11-30-12-14-31(15-13-30)22-25-8-7-9-26-22;/h7-9,17H,6,10-16H2,1-5H3,(H2,23,24,27);1H. The van der Waals surface area contributed by atoms with Gasteiger partial charge in [0.25, 0.3) is 0 Å². The molecule has 2 N–H and O–H groups in total. The van der Waals surface area contributed by atoms with Crippen LogP contribution in [-0.2, 0) is 13.5 Å². The Hall–Kier alpha value is -1.95. The first kappa shape index (κ1) is 26.3. The van der Waals surface area contributed by atoms with Gasteiger partial charge in [0.1, 0.15) is 0 Å². The monoisotopic (exact) mass is 555 g/mol. The molecule has 0 radical (unpaired) electrons. The van der Waals surface area contributed by atoms with Crippen molar-refractivity contribution in [2.24, 2.45) is 12.0 Å². The smallest absolute Gasteiger partial charge is 0.225 e. The van der Waals surface area contributed by atoms with Crippen molar-refractivity contribution in [1.82, 2.24) is 35.3 Å². The highest BCUT2D eigenvalue weighted by molar-refractivity contribution is 14.0. The van der Waals surface area contributed by atoms with Crippen LogP contribution in [0, 0.1) is 13.8 Å². The lowest BCUT2D eigenvalue weighted by atomic mass is 10.1. The van der Waals surface area contributed by atoms with Crippen molar-refractivity contribution in [3.05, 3.63) is 35.4 Å². The molecule has 0 aliphatic carbocycles. The molecule has 3 heterocycles. The fraction of sp³-hybridized carbons (Fsp3) is 0.636. The summed E-state index contributed by atoms with van der Waals surface area (Å²) < 4.78 is 1.96. The van der Waals surface area contributed by atoms with E-state index in [1.54, 1.807) is 12.4 Å². The number of nitrogens with zero attached hydrogens (tertiary/aromatic N) is 7. The van der Waals surface area contributed by atoms with Gasteiger partial charge < -0.3 is 15.5 Å².